The summed E-state index contributed by atoms with van der Waals surface area (Å²) in [5.41, 5.74) is 8.37. The lowest BCUT2D eigenvalue weighted by Crippen LogP contribution is -2.07. The Morgan fingerprint density at radius 3 is 2.42 bits per heavy atom. The van der Waals surface area contributed by atoms with Crippen molar-refractivity contribution in [2.24, 2.45) is 5.73 Å². The Labute approximate surface area is 124 Å². The quantitative estimate of drug-likeness (QED) is 0.781. The van der Waals surface area contributed by atoms with Gasteiger partial charge in [0.15, 0.2) is 0 Å². The molecule has 0 saturated carbocycles. The fraction of sp³-hybridized carbons (Fsp3) is 0.250. The van der Waals surface area contributed by atoms with Crippen LogP contribution in [0, 0.1) is 0 Å². The third-order valence-corrected chi connectivity index (χ3v) is 4.53. The molecule has 0 amide bonds. The van der Waals surface area contributed by atoms with Gasteiger partial charge in [-0.25, -0.2) is 0 Å². The van der Waals surface area contributed by atoms with Gasteiger partial charge in [-0.1, -0.05) is 48.9 Å². The molecule has 2 aromatic rings. The van der Waals surface area contributed by atoms with Gasteiger partial charge in [0, 0.05) is 21.7 Å². The molecule has 0 heterocycles. The smallest absolute Gasteiger partial charge is 0.0446 e. The fourth-order valence-corrected chi connectivity index (χ4v) is 3.01. The highest BCUT2D eigenvalue weighted by Crippen LogP contribution is 2.27. The van der Waals surface area contributed by atoms with E-state index in [-0.39, 0.29) is 6.04 Å². The van der Waals surface area contributed by atoms with E-state index in [0.29, 0.717) is 0 Å². The minimum absolute atomic E-state index is 0.141. The van der Waals surface area contributed by atoms with Crippen LogP contribution in [0.3, 0.4) is 0 Å². The summed E-state index contributed by atoms with van der Waals surface area (Å²) >= 11 is 7.94. The van der Waals surface area contributed by atoms with Crippen LogP contribution in [0.4, 0.5) is 0 Å². The molecule has 0 fully saturated rings. The Kier molecular flexibility index (Phi) is 5.32. The molecule has 0 aliphatic carbocycles. The minimum atomic E-state index is 0.141. The van der Waals surface area contributed by atoms with Crippen LogP contribution in [0.25, 0.3) is 0 Å². The van der Waals surface area contributed by atoms with Gasteiger partial charge in [0.2, 0.25) is 0 Å². The van der Waals surface area contributed by atoms with Crippen molar-refractivity contribution in [2.75, 3.05) is 0 Å². The molecule has 0 aliphatic heterocycles. The lowest BCUT2D eigenvalue weighted by molar-refractivity contribution is 0.698. The van der Waals surface area contributed by atoms with Gasteiger partial charge in [-0.15, -0.1) is 11.8 Å². The molecule has 100 valence electrons. The fourth-order valence-electron chi connectivity index (χ4n) is 1.82. The Morgan fingerprint density at radius 1 is 1.11 bits per heavy atom. The molecule has 0 aliphatic rings. The second kappa shape index (κ2) is 6.99. The van der Waals surface area contributed by atoms with Crippen LogP contribution in [-0.2, 0) is 5.75 Å². The average Bonchev–Trinajstić information content (AvgIpc) is 2.46. The Hall–Kier alpha value is -0.960. The van der Waals surface area contributed by atoms with E-state index in [0.717, 1.165) is 17.2 Å². The van der Waals surface area contributed by atoms with Crippen LogP contribution in [0.15, 0.2) is 53.4 Å². The highest BCUT2D eigenvalue weighted by molar-refractivity contribution is 7.98. The van der Waals surface area contributed by atoms with Crippen molar-refractivity contribution in [3.05, 3.63) is 64.7 Å². The van der Waals surface area contributed by atoms with Gasteiger partial charge in [0.05, 0.1) is 0 Å². The van der Waals surface area contributed by atoms with Crippen molar-refractivity contribution in [2.45, 2.75) is 30.0 Å². The molecule has 19 heavy (non-hydrogen) atoms. The van der Waals surface area contributed by atoms with Gasteiger partial charge < -0.3 is 5.73 Å². The number of rotatable bonds is 5. The van der Waals surface area contributed by atoms with Gasteiger partial charge >= 0.3 is 0 Å². The zero-order chi connectivity index (χ0) is 13.7. The van der Waals surface area contributed by atoms with Gasteiger partial charge in [-0.2, -0.15) is 0 Å². The van der Waals surface area contributed by atoms with Crippen LogP contribution in [0.5, 0.6) is 0 Å². The first kappa shape index (κ1) is 14.4. The molecule has 2 rings (SSSR count). The molecule has 0 aromatic heterocycles. The van der Waals surface area contributed by atoms with Crippen LogP contribution < -0.4 is 5.73 Å². The zero-order valence-corrected chi connectivity index (χ0v) is 12.5. The highest BCUT2D eigenvalue weighted by Gasteiger charge is 2.04. The number of nitrogens with two attached hydrogens (primary N) is 1. The first-order valence-electron chi connectivity index (χ1n) is 6.42. The maximum atomic E-state index is 6.15. The summed E-state index contributed by atoms with van der Waals surface area (Å²) in [6, 6.07) is 16.6. The van der Waals surface area contributed by atoms with Crippen molar-refractivity contribution < 1.29 is 0 Å². The van der Waals surface area contributed by atoms with Crippen LogP contribution in [0.1, 0.15) is 30.5 Å². The Morgan fingerprint density at radius 2 is 1.79 bits per heavy atom. The average molecular weight is 292 g/mol. The number of benzene rings is 2. The first-order chi connectivity index (χ1) is 9.20. The predicted molar refractivity (Wildman–Crippen MR) is 84.7 cm³/mol. The van der Waals surface area contributed by atoms with E-state index in [2.05, 4.69) is 37.3 Å². The van der Waals surface area contributed by atoms with Crippen molar-refractivity contribution >= 4 is 23.4 Å². The second-order valence-electron chi connectivity index (χ2n) is 4.46. The van der Waals surface area contributed by atoms with Crippen LogP contribution in [-0.4, -0.2) is 0 Å². The Bertz CT molecular complexity index is 525. The van der Waals surface area contributed by atoms with Gasteiger partial charge in [0.25, 0.3) is 0 Å². The van der Waals surface area contributed by atoms with E-state index in [1.54, 1.807) is 11.8 Å². The normalized spacial score (nSPS) is 12.4. The van der Waals surface area contributed by atoms with Crippen molar-refractivity contribution in [1.29, 1.82) is 0 Å². The molecule has 1 nitrogen and oxygen atoms in total. The molecule has 0 bridgehead atoms. The molecular weight excluding hydrogens is 274 g/mol. The number of hydrogen-bond acceptors (Lipinski definition) is 2. The SMILES string of the molecule is CC[C@H](N)c1ccc(SCc2ccccc2Cl)cc1. The summed E-state index contributed by atoms with van der Waals surface area (Å²) in [7, 11) is 0. The number of halogens is 1. The Balaban J connectivity index is 1.99. The molecule has 1 atom stereocenters. The van der Waals surface area contributed by atoms with Gasteiger partial charge in [0.1, 0.15) is 0 Å². The zero-order valence-electron chi connectivity index (χ0n) is 11.0. The van der Waals surface area contributed by atoms with E-state index in [9.17, 15) is 0 Å². The van der Waals surface area contributed by atoms with E-state index < -0.39 is 0 Å². The van der Waals surface area contributed by atoms with Gasteiger partial charge in [-0.05, 0) is 35.7 Å². The highest BCUT2D eigenvalue weighted by atomic mass is 35.5. The van der Waals surface area contributed by atoms with E-state index in [1.165, 1.54) is 16.0 Å². The molecule has 3 heteroatoms. The first-order valence-corrected chi connectivity index (χ1v) is 7.78. The third kappa shape index (κ3) is 4.00. The summed E-state index contributed by atoms with van der Waals surface area (Å²) in [5, 5.41) is 0.833. The molecule has 2 N–H and O–H groups in total. The predicted octanol–water partition coefficient (Wildman–Crippen LogP) is 5.04. The summed E-state index contributed by atoms with van der Waals surface area (Å²) < 4.78 is 0. The van der Waals surface area contributed by atoms with Crippen LogP contribution >= 0.6 is 23.4 Å². The maximum absolute atomic E-state index is 6.15. The van der Waals surface area contributed by atoms with Crippen molar-refractivity contribution in [3.63, 3.8) is 0 Å². The van der Waals surface area contributed by atoms with E-state index in [1.807, 2.05) is 18.2 Å². The van der Waals surface area contributed by atoms with Gasteiger partial charge in [-0.3, -0.25) is 0 Å². The second-order valence-corrected chi connectivity index (χ2v) is 5.92. The summed E-state index contributed by atoms with van der Waals surface area (Å²) in [5.74, 6) is 0.888. The largest absolute Gasteiger partial charge is 0.324 e. The molecule has 0 unspecified atom stereocenters. The van der Waals surface area contributed by atoms with Crippen molar-refractivity contribution in [3.8, 4) is 0 Å². The minimum Gasteiger partial charge on any atom is -0.324 e. The standard InChI is InChI=1S/C16H18ClNS/c1-2-16(18)12-7-9-14(10-8-12)19-11-13-5-3-4-6-15(13)17/h3-10,16H,2,11,18H2,1H3/t16-/m0/s1. The molecule has 0 radical (unpaired) electrons. The van der Waals surface area contributed by atoms with E-state index in [4.69, 9.17) is 17.3 Å². The molecule has 0 saturated heterocycles. The summed E-state index contributed by atoms with van der Waals surface area (Å²) in [6.45, 7) is 2.10. The molecule has 0 spiro atoms. The monoisotopic (exact) mass is 291 g/mol. The van der Waals surface area contributed by atoms with E-state index >= 15 is 0 Å². The maximum Gasteiger partial charge on any atom is 0.0446 e. The summed E-state index contributed by atoms with van der Waals surface area (Å²) in [6.07, 6.45) is 0.964. The molecular formula is C16H18ClNS. The topological polar surface area (TPSA) is 26.0 Å². The molecule has 2 aromatic carbocycles. The van der Waals surface area contributed by atoms with Crippen LogP contribution in [0.2, 0.25) is 5.02 Å². The number of thioether (sulfide) groups is 1. The third-order valence-electron chi connectivity index (χ3n) is 3.10. The lowest BCUT2D eigenvalue weighted by atomic mass is 10.1. The summed E-state index contributed by atoms with van der Waals surface area (Å²) in [4.78, 5) is 1.24. The van der Waals surface area contributed by atoms with Crippen molar-refractivity contribution in [1.82, 2.24) is 0 Å². The lowest BCUT2D eigenvalue weighted by Gasteiger charge is -2.10. The number of hydrogen-bond donors (Lipinski definition) is 1.